The number of nitrogens with one attached hydrogen (secondary N) is 1. The predicted octanol–water partition coefficient (Wildman–Crippen LogP) is 3.45. The van der Waals surface area contributed by atoms with Crippen molar-refractivity contribution in [2.45, 2.75) is 71.5 Å². The molecule has 0 aromatic carbocycles. The molecule has 4 heteroatoms. The molecule has 1 unspecified atom stereocenters. The van der Waals surface area contributed by atoms with Crippen molar-refractivity contribution in [2.24, 2.45) is 0 Å². The van der Waals surface area contributed by atoms with Gasteiger partial charge in [-0.1, -0.05) is 27.7 Å². The Balaban J connectivity index is 2.08. The summed E-state index contributed by atoms with van der Waals surface area (Å²) in [7, 11) is 0. The molecule has 2 rings (SSSR count). The van der Waals surface area contributed by atoms with Crippen LogP contribution in [0.15, 0.2) is 6.20 Å². The summed E-state index contributed by atoms with van der Waals surface area (Å²) >= 11 is 1.88. The normalized spacial score (nSPS) is 23.1. The van der Waals surface area contributed by atoms with Crippen LogP contribution in [0.25, 0.3) is 0 Å². The highest BCUT2D eigenvalue weighted by molar-refractivity contribution is 7.11. The summed E-state index contributed by atoms with van der Waals surface area (Å²) in [6.45, 7) is 12.4. The van der Waals surface area contributed by atoms with Crippen molar-refractivity contribution in [3.63, 3.8) is 0 Å². The molecule has 1 aromatic heterocycles. The molecule has 1 aromatic rings. The van der Waals surface area contributed by atoms with E-state index in [0.717, 1.165) is 26.1 Å². The Bertz CT molecular complexity index is 412. The lowest BCUT2D eigenvalue weighted by atomic mass is 9.88. The molecule has 1 fully saturated rings. The first-order valence-corrected chi connectivity index (χ1v) is 8.90. The second-order valence-corrected chi connectivity index (χ2v) is 7.11. The van der Waals surface area contributed by atoms with Gasteiger partial charge in [0.15, 0.2) is 0 Å². The molecular formula is C16H29N3S. The monoisotopic (exact) mass is 295 g/mol. The van der Waals surface area contributed by atoms with Gasteiger partial charge in [-0.3, -0.25) is 4.90 Å². The lowest BCUT2D eigenvalue weighted by molar-refractivity contribution is 0.0643. The van der Waals surface area contributed by atoms with Gasteiger partial charge in [-0.05, 0) is 25.7 Å². The molecule has 0 saturated carbocycles. The fourth-order valence-corrected chi connectivity index (χ4v) is 3.99. The van der Waals surface area contributed by atoms with Gasteiger partial charge in [0.05, 0.1) is 6.54 Å². The van der Waals surface area contributed by atoms with Crippen molar-refractivity contribution >= 4 is 11.3 Å². The van der Waals surface area contributed by atoms with Gasteiger partial charge in [0, 0.05) is 35.7 Å². The Hall–Kier alpha value is -0.450. The summed E-state index contributed by atoms with van der Waals surface area (Å²) in [5.41, 5.74) is 0.302. The van der Waals surface area contributed by atoms with Crippen LogP contribution in [0.1, 0.15) is 56.8 Å². The number of hydrogen-bond acceptors (Lipinski definition) is 4. The van der Waals surface area contributed by atoms with E-state index in [4.69, 9.17) is 0 Å². The van der Waals surface area contributed by atoms with E-state index in [1.165, 1.54) is 29.1 Å². The molecule has 1 saturated heterocycles. The van der Waals surface area contributed by atoms with Crippen molar-refractivity contribution in [2.75, 3.05) is 13.1 Å². The molecular weight excluding hydrogens is 266 g/mol. The van der Waals surface area contributed by atoms with Crippen molar-refractivity contribution in [3.8, 4) is 0 Å². The molecule has 2 heterocycles. The SMILES string of the molecule is CCc1cnc(CN2CC(CC)(CC)NCC2CC)s1. The molecule has 0 aliphatic carbocycles. The molecule has 0 spiro atoms. The third-order valence-electron chi connectivity index (χ3n) is 4.85. The molecule has 0 amide bonds. The summed E-state index contributed by atoms with van der Waals surface area (Å²) in [6.07, 6.45) is 6.77. The number of hydrogen-bond donors (Lipinski definition) is 1. The average Bonchev–Trinajstić information content (AvgIpc) is 2.94. The lowest BCUT2D eigenvalue weighted by Gasteiger charge is -2.47. The van der Waals surface area contributed by atoms with Crippen molar-refractivity contribution < 1.29 is 0 Å². The minimum atomic E-state index is 0.302. The van der Waals surface area contributed by atoms with Gasteiger partial charge >= 0.3 is 0 Å². The van der Waals surface area contributed by atoms with Crippen LogP contribution in [0.4, 0.5) is 0 Å². The maximum Gasteiger partial charge on any atom is 0.107 e. The van der Waals surface area contributed by atoms with Crippen LogP contribution in [-0.4, -0.2) is 34.6 Å². The van der Waals surface area contributed by atoms with Crippen LogP contribution in [0.3, 0.4) is 0 Å². The first kappa shape index (κ1) is 15.9. The van der Waals surface area contributed by atoms with Gasteiger partial charge < -0.3 is 5.32 Å². The predicted molar refractivity (Wildman–Crippen MR) is 87.3 cm³/mol. The molecule has 3 nitrogen and oxygen atoms in total. The average molecular weight is 295 g/mol. The van der Waals surface area contributed by atoms with E-state index in [9.17, 15) is 0 Å². The number of rotatable bonds is 6. The summed E-state index contributed by atoms with van der Waals surface area (Å²) in [4.78, 5) is 8.66. The van der Waals surface area contributed by atoms with Gasteiger partial charge in [-0.25, -0.2) is 4.98 Å². The van der Waals surface area contributed by atoms with Crippen molar-refractivity contribution in [3.05, 3.63) is 16.1 Å². The van der Waals surface area contributed by atoms with Crippen LogP contribution in [-0.2, 0) is 13.0 Å². The Kier molecular flexibility index (Phi) is 5.58. The number of nitrogens with zero attached hydrogens (tertiary/aromatic N) is 2. The smallest absolute Gasteiger partial charge is 0.107 e. The Morgan fingerprint density at radius 1 is 1.35 bits per heavy atom. The van der Waals surface area contributed by atoms with Crippen LogP contribution in [0.2, 0.25) is 0 Å². The van der Waals surface area contributed by atoms with Gasteiger partial charge in [0.2, 0.25) is 0 Å². The Morgan fingerprint density at radius 3 is 2.65 bits per heavy atom. The highest BCUT2D eigenvalue weighted by atomic mass is 32.1. The van der Waals surface area contributed by atoms with E-state index in [-0.39, 0.29) is 0 Å². The van der Waals surface area contributed by atoms with Crippen molar-refractivity contribution in [1.82, 2.24) is 15.2 Å². The van der Waals surface area contributed by atoms with Crippen molar-refractivity contribution in [1.29, 1.82) is 0 Å². The molecule has 114 valence electrons. The van der Waals surface area contributed by atoms with Gasteiger partial charge in [0.1, 0.15) is 5.01 Å². The highest BCUT2D eigenvalue weighted by Gasteiger charge is 2.36. The summed E-state index contributed by atoms with van der Waals surface area (Å²) < 4.78 is 0. The number of aromatic nitrogens is 1. The van der Waals surface area contributed by atoms with Gasteiger partial charge in [-0.15, -0.1) is 11.3 Å². The zero-order valence-corrected chi connectivity index (χ0v) is 14.2. The van der Waals surface area contributed by atoms with E-state index in [1.807, 2.05) is 11.3 Å². The quantitative estimate of drug-likeness (QED) is 0.871. The summed E-state index contributed by atoms with van der Waals surface area (Å²) in [6, 6.07) is 0.648. The second-order valence-electron chi connectivity index (χ2n) is 5.91. The minimum absolute atomic E-state index is 0.302. The van der Waals surface area contributed by atoms with Crippen LogP contribution < -0.4 is 5.32 Å². The molecule has 0 radical (unpaired) electrons. The van der Waals surface area contributed by atoms with Gasteiger partial charge in [-0.2, -0.15) is 0 Å². The van der Waals surface area contributed by atoms with Gasteiger partial charge in [0.25, 0.3) is 0 Å². The van der Waals surface area contributed by atoms with E-state index in [2.05, 4.69) is 49.1 Å². The summed E-state index contributed by atoms with van der Waals surface area (Å²) in [5.74, 6) is 0. The zero-order chi connectivity index (χ0) is 14.6. The molecule has 1 atom stereocenters. The third-order valence-corrected chi connectivity index (χ3v) is 5.97. The zero-order valence-electron chi connectivity index (χ0n) is 13.4. The first-order chi connectivity index (χ1) is 9.66. The molecule has 1 aliphatic heterocycles. The minimum Gasteiger partial charge on any atom is -0.308 e. The van der Waals surface area contributed by atoms with E-state index >= 15 is 0 Å². The number of piperazine rings is 1. The Morgan fingerprint density at radius 2 is 2.10 bits per heavy atom. The fourth-order valence-electron chi connectivity index (χ4n) is 3.11. The first-order valence-electron chi connectivity index (χ1n) is 8.09. The second kappa shape index (κ2) is 7.01. The molecule has 1 N–H and O–H groups in total. The molecule has 1 aliphatic rings. The Labute approximate surface area is 127 Å². The van der Waals surface area contributed by atoms with Crippen LogP contribution in [0.5, 0.6) is 0 Å². The highest BCUT2D eigenvalue weighted by Crippen LogP contribution is 2.26. The molecule has 0 bridgehead atoms. The third kappa shape index (κ3) is 3.41. The van der Waals surface area contributed by atoms with E-state index in [0.29, 0.717) is 11.6 Å². The van der Waals surface area contributed by atoms with E-state index < -0.39 is 0 Å². The molecule has 20 heavy (non-hydrogen) atoms. The lowest BCUT2D eigenvalue weighted by Crippen LogP contribution is -2.63. The summed E-state index contributed by atoms with van der Waals surface area (Å²) in [5, 5.41) is 5.09. The van der Waals surface area contributed by atoms with Crippen LogP contribution >= 0.6 is 11.3 Å². The number of thiazole rings is 1. The largest absolute Gasteiger partial charge is 0.308 e. The maximum absolute atomic E-state index is 4.61. The topological polar surface area (TPSA) is 28.2 Å². The van der Waals surface area contributed by atoms with E-state index in [1.54, 1.807) is 0 Å². The standard InChI is InChI=1S/C16H29N3S/c1-5-13-9-18-16(7-3,8-4)12-19(13)11-15-17-10-14(6-2)20-15/h10,13,18H,5-9,11-12H2,1-4H3. The number of aryl methyl sites for hydroxylation is 1. The fraction of sp³-hybridized carbons (Fsp3) is 0.812. The van der Waals surface area contributed by atoms with Crippen LogP contribution in [0, 0.1) is 0 Å². The maximum atomic E-state index is 4.61.